The number of hydrogen-bond acceptors (Lipinski definition) is 3. The van der Waals surface area contributed by atoms with Crippen LogP contribution in [0.2, 0.25) is 0 Å². The van der Waals surface area contributed by atoms with Gasteiger partial charge in [0.2, 0.25) is 0 Å². The number of carbonyl (C=O) groups excluding carboxylic acids is 1. The fourth-order valence-electron chi connectivity index (χ4n) is 1.09. The summed E-state index contributed by atoms with van der Waals surface area (Å²) in [7, 11) is 3.37. The number of nitrogens with two attached hydrogens (primary N) is 1. The van der Waals surface area contributed by atoms with E-state index in [-0.39, 0.29) is 6.03 Å². The van der Waals surface area contributed by atoms with E-state index in [1.54, 1.807) is 26.2 Å². The molecule has 0 radical (unpaired) electrons. The van der Waals surface area contributed by atoms with Gasteiger partial charge in [0.15, 0.2) is 0 Å². The molecule has 2 amide bonds. The van der Waals surface area contributed by atoms with Crippen LogP contribution in [0.15, 0.2) is 24.3 Å². The van der Waals surface area contributed by atoms with E-state index in [4.69, 9.17) is 10.5 Å². The minimum atomic E-state index is -0.135. The molecule has 1 aromatic carbocycles. The number of urea groups is 1. The number of para-hydroxylation sites is 2. The number of amides is 2. The van der Waals surface area contributed by atoms with Gasteiger partial charge in [-0.1, -0.05) is 12.1 Å². The first kappa shape index (κ1) is 12.2. The summed E-state index contributed by atoms with van der Waals surface area (Å²) in [6.07, 6.45) is 0. The summed E-state index contributed by atoms with van der Waals surface area (Å²) in [6.45, 7) is 0.846. The zero-order valence-electron chi connectivity index (χ0n) is 9.56. The van der Waals surface area contributed by atoms with E-state index in [1.807, 2.05) is 12.1 Å². The molecule has 0 saturated heterocycles. The molecule has 0 unspecified atom stereocenters. The molecule has 88 valence electrons. The van der Waals surface area contributed by atoms with Gasteiger partial charge >= 0.3 is 6.03 Å². The third-order valence-electron chi connectivity index (χ3n) is 1.96. The number of benzene rings is 1. The molecule has 16 heavy (non-hydrogen) atoms. The highest BCUT2D eigenvalue weighted by atomic mass is 16.5. The van der Waals surface area contributed by atoms with Crippen LogP contribution < -0.4 is 15.8 Å². The number of nitrogens with one attached hydrogen (secondary N) is 1. The van der Waals surface area contributed by atoms with Gasteiger partial charge in [-0.25, -0.2) is 4.79 Å². The topological polar surface area (TPSA) is 67.6 Å². The van der Waals surface area contributed by atoms with Gasteiger partial charge in [-0.05, 0) is 12.1 Å². The van der Waals surface area contributed by atoms with Crippen LogP contribution >= 0.6 is 0 Å². The number of ether oxygens (including phenoxy) is 1. The maximum absolute atomic E-state index is 11.2. The largest absolute Gasteiger partial charge is 0.490 e. The van der Waals surface area contributed by atoms with Gasteiger partial charge in [0, 0.05) is 14.1 Å². The molecular weight excluding hydrogens is 206 g/mol. The van der Waals surface area contributed by atoms with Crippen molar-refractivity contribution in [2.75, 3.05) is 33.0 Å². The van der Waals surface area contributed by atoms with Crippen molar-refractivity contribution >= 4 is 11.7 Å². The Bertz CT molecular complexity index is 353. The standard InChI is InChI=1S/C11H17N3O2/c1-14(2)11(15)13-7-8-16-10-6-4-3-5-9(10)12/h3-6H,7-8,12H2,1-2H3,(H,13,15). The van der Waals surface area contributed by atoms with Crippen LogP contribution in [0.3, 0.4) is 0 Å². The number of hydrogen-bond donors (Lipinski definition) is 2. The van der Waals surface area contributed by atoms with E-state index in [9.17, 15) is 4.79 Å². The predicted octanol–water partition coefficient (Wildman–Crippen LogP) is 0.919. The Kier molecular flexibility index (Phi) is 4.44. The third-order valence-corrected chi connectivity index (χ3v) is 1.96. The van der Waals surface area contributed by atoms with E-state index < -0.39 is 0 Å². The van der Waals surface area contributed by atoms with Gasteiger partial charge in [0.05, 0.1) is 12.2 Å². The lowest BCUT2D eigenvalue weighted by Gasteiger charge is -2.12. The Morgan fingerprint density at radius 1 is 1.44 bits per heavy atom. The van der Waals surface area contributed by atoms with Crippen LogP contribution in [-0.4, -0.2) is 38.2 Å². The van der Waals surface area contributed by atoms with Crippen LogP contribution in [0.25, 0.3) is 0 Å². The molecule has 0 heterocycles. The third kappa shape index (κ3) is 3.68. The smallest absolute Gasteiger partial charge is 0.316 e. The van der Waals surface area contributed by atoms with E-state index in [0.29, 0.717) is 24.6 Å². The van der Waals surface area contributed by atoms with Crippen LogP contribution in [0.1, 0.15) is 0 Å². The maximum atomic E-state index is 11.2. The summed E-state index contributed by atoms with van der Waals surface area (Å²) in [6, 6.07) is 7.13. The second-order valence-corrected chi connectivity index (χ2v) is 3.51. The highest BCUT2D eigenvalue weighted by Crippen LogP contribution is 2.19. The Hall–Kier alpha value is -1.91. The van der Waals surface area contributed by atoms with Crippen molar-refractivity contribution in [2.24, 2.45) is 0 Å². The monoisotopic (exact) mass is 223 g/mol. The Morgan fingerprint density at radius 3 is 2.75 bits per heavy atom. The van der Waals surface area contributed by atoms with E-state index in [1.165, 1.54) is 4.90 Å². The first-order valence-electron chi connectivity index (χ1n) is 5.03. The van der Waals surface area contributed by atoms with Crippen molar-refractivity contribution in [3.63, 3.8) is 0 Å². The molecule has 1 rings (SSSR count). The molecule has 0 bridgehead atoms. The number of anilines is 1. The average Bonchev–Trinajstić information content (AvgIpc) is 2.26. The lowest BCUT2D eigenvalue weighted by Crippen LogP contribution is -2.36. The molecule has 0 aliphatic heterocycles. The number of nitrogen functional groups attached to an aromatic ring is 1. The highest BCUT2D eigenvalue weighted by molar-refractivity contribution is 5.73. The molecule has 5 nitrogen and oxygen atoms in total. The molecule has 0 aliphatic carbocycles. The summed E-state index contributed by atoms with van der Waals surface area (Å²) in [5.41, 5.74) is 6.29. The van der Waals surface area contributed by atoms with Crippen molar-refractivity contribution in [3.8, 4) is 5.75 Å². The van der Waals surface area contributed by atoms with Crippen molar-refractivity contribution < 1.29 is 9.53 Å². The molecular formula is C11H17N3O2. The number of nitrogens with zero attached hydrogens (tertiary/aromatic N) is 1. The van der Waals surface area contributed by atoms with Gasteiger partial charge in [0.1, 0.15) is 12.4 Å². The fourth-order valence-corrected chi connectivity index (χ4v) is 1.09. The van der Waals surface area contributed by atoms with Crippen LogP contribution in [0.4, 0.5) is 10.5 Å². The summed E-state index contributed by atoms with van der Waals surface area (Å²) in [5.74, 6) is 0.640. The predicted molar refractivity (Wildman–Crippen MR) is 63.4 cm³/mol. The molecule has 0 atom stereocenters. The van der Waals surface area contributed by atoms with Crippen molar-refractivity contribution in [3.05, 3.63) is 24.3 Å². The van der Waals surface area contributed by atoms with E-state index >= 15 is 0 Å². The molecule has 0 aliphatic rings. The Labute approximate surface area is 95.2 Å². The summed E-state index contributed by atoms with van der Waals surface area (Å²) in [4.78, 5) is 12.6. The minimum Gasteiger partial charge on any atom is -0.490 e. The van der Waals surface area contributed by atoms with Gasteiger partial charge in [-0.15, -0.1) is 0 Å². The molecule has 0 fully saturated rings. The minimum absolute atomic E-state index is 0.135. The molecule has 1 aromatic rings. The summed E-state index contributed by atoms with van der Waals surface area (Å²) < 4.78 is 5.41. The molecule has 0 saturated carbocycles. The number of rotatable bonds is 4. The van der Waals surface area contributed by atoms with Crippen LogP contribution in [-0.2, 0) is 0 Å². The molecule has 0 aromatic heterocycles. The van der Waals surface area contributed by atoms with Crippen molar-refractivity contribution in [2.45, 2.75) is 0 Å². The first-order valence-corrected chi connectivity index (χ1v) is 5.03. The normalized spacial score (nSPS) is 9.62. The van der Waals surface area contributed by atoms with Crippen molar-refractivity contribution in [1.29, 1.82) is 0 Å². The zero-order valence-corrected chi connectivity index (χ0v) is 9.56. The SMILES string of the molecule is CN(C)C(=O)NCCOc1ccccc1N. The fraction of sp³-hybridized carbons (Fsp3) is 0.364. The summed E-state index contributed by atoms with van der Waals surface area (Å²) in [5, 5.41) is 2.69. The second kappa shape index (κ2) is 5.85. The Morgan fingerprint density at radius 2 is 2.12 bits per heavy atom. The van der Waals surface area contributed by atoms with Gasteiger partial charge < -0.3 is 20.7 Å². The number of carbonyl (C=O) groups is 1. The lowest BCUT2D eigenvalue weighted by molar-refractivity contribution is 0.213. The first-order chi connectivity index (χ1) is 7.61. The average molecular weight is 223 g/mol. The van der Waals surface area contributed by atoms with Gasteiger partial charge in [0.25, 0.3) is 0 Å². The summed E-state index contributed by atoms with van der Waals surface area (Å²) >= 11 is 0. The lowest BCUT2D eigenvalue weighted by atomic mass is 10.3. The zero-order chi connectivity index (χ0) is 12.0. The van der Waals surface area contributed by atoms with E-state index in [2.05, 4.69) is 5.32 Å². The molecule has 5 heteroatoms. The van der Waals surface area contributed by atoms with Gasteiger partial charge in [-0.3, -0.25) is 0 Å². The van der Waals surface area contributed by atoms with E-state index in [0.717, 1.165) is 0 Å². The van der Waals surface area contributed by atoms with Gasteiger partial charge in [-0.2, -0.15) is 0 Å². The van der Waals surface area contributed by atoms with Crippen LogP contribution in [0.5, 0.6) is 5.75 Å². The molecule has 3 N–H and O–H groups in total. The quantitative estimate of drug-likeness (QED) is 0.589. The molecule has 0 spiro atoms. The Balaban J connectivity index is 2.26. The maximum Gasteiger partial charge on any atom is 0.316 e. The second-order valence-electron chi connectivity index (χ2n) is 3.51. The van der Waals surface area contributed by atoms with Crippen LogP contribution in [0, 0.1) is 0 Å². The van der Waals surface area contributed by atoms with Crippen molar-refractivity contribution in [1.82, 2.24) is 10.2 Å². The highest BCUT2D eigenvalue weighted by Gasteiger charge is 2.02.